The van der Waals surface area contributed by atoms with Crippen LogP contribution < -0.4 is 0 Å². The lowest BCUT2D eigenvalue weighted by Crippen LogP contribution is -2.15. The maximum atomic E-state index is 9.32. The number of ether oxygens (including phenoxy) is 1. The molecule has 0 spiro atoms. The highest BCUT2D eigenvalue weighted by molar-refractivity contribution is 5.01. The van der Waals surface area contributed by atoms with Crippen LogP contribution in [0.1, 0.15) is 19.8 Å². The van der Waals surface area contributed by atoms with Gasteiger partial charge >= 0.3 is 0 Å². The molecule has 0 aromatic heterocycles. The van der Waals surface area contributed by atoms with Gasteiger partial charge in [-0.3, -0.25) is 0 Å². The summed E-state index contributed by atoms with van der Waals surface area (Å²) in [6, 6.07) is 0. The Morgan fingerprint density at radius 1 is 1.80 bits per heavy atom. The van der Waals surface area contributed by atoms with Gasteiger partial charge in [0.15, 0.2) is 0 Å². The van der Waals surface area contributed by atoms with E-state index >= 15 is 0 Å². The molecule has 1 saturated heterocycles. The van der Waals surface area contributed by atoms with Gasteiger partial charge in [-0.25, -0.2) is 0 Å². The molecule has 2 nitrogen and oxygen atoms in total. The molecule has 0 aromatic carbocycles. The Morgan fingerprint density at radius 2 is 2.50 bits per heavy atom. The van der Waals surface area contributed by atoms with Crippen LogP contribution in [0, 0.1) is 0 Å². The Morgan fingerprint density at radius 3 is 2.90 bits per heavy atom. The number of hydrogen-bond acceptors (Lipinski definition) is 2. The van der Waals surface area contributed by atoms with Crippen molar-refractivity contribution in [3.63, 3.8) is 0 Å². The third-order valence-electron chi connectivity index (χ3n) is 1.76. The maximum Gasteiger partial charge on any atom is 0.114 e. The summed E-state index contributed by atoms with van der Waals surface area (Å²) in [5.41, 5.74) is 0. The van der Waals surface area contributed by atoms with Gasteiger partial charge in [-0.2, -0.15) is 0 Å². The molecular formula is C8H14O2. The van der Waals surface area contributed by atoms with Crippen molar-refractivity contribution < 1.29 is 9.84 Å². The Balaban J connectivity index is 2.18. The van der Waals surface area contributed by atoms with Gasteiger partial charge in [-0.1, -0.05) is 19.4 Å². The summed E-state index contributed by atoms with van der Waals surface area (Å²) in [6.45, 7) is 5.63. The molecule has 2 heteroatoms. The molecule has 0 amide bonds. The van der Waals surface area contributed by atoms with E-state index in [0.717, 1.165) is 12.8 Å². The molecule has 3 atom stereocenters. The van der Waals surface area contributed by atoms with Gasteiger partial charge in [0.1, 0.15) is 12.2 Å². The molecular weight excluding hydrogens is 128 g/mol. The molecule has 0 bridgehead atoms. The fourth-order valence-corrected chi connectivity index (χ4v) is 1.10. The minimum absolute atomic E-state index is 0.0393. The highest BCUT2D eigenvalue weighted by Gasteiger charge is 2.41. The van der Waals surface area contributed by atoms with Gasteiger partial charge in [0, 0.05) is 0 Å². The zero-order valence-electron chi connectivity index (χ0n) is 6.29. The second-order valence-corrected chi connectivity index (χ2v) is 2.66. The average molecular weight is 142 g/mol. The number of rotatable bonds is 4. The molecule has 1 rings (SSSR count). The maximum absolute atomic E-state index is 9.32. The second kappa shape index (κ2) is 3.17. The van der Waals surface area contributed by atoms with E-state index in [2.05, 4.69) is 13.5 Å². The van der Waals surface area contributed by atoms with Crippen molar-refractivity contribution >= 4 is 0 Å². The van der Waals surface area contributed by atoms with Gasteiger partial charge in [0.25, 0.3) is 0 Å². The zero-order chi connectivity index (χ0) is 7.56. The van der Waals surface area contributed by atoms with Crippen LogP contribution in [0.3, 0.4) is 0 Å². The van der Waals surface area contributed by atoms with Crippen LogP contribution in [0.25, 0.3) is 0 Å². The number of hydrogen-bond donors (Lipinski definition) is 1. The van der Waals surface area contributed by atoms with Crippen LogP contribution in [0.15, 0.2) is 12.7 Å². The largest absolute Gasteiger partial charge is 0.390 e. The molecule has 0 radical (unpaired) electrons. The number of aliphatic hydroxyl groups excluding tert-OH is 1. The topological polar surface area (TPSA) is 32.8 Å². The summed E-state index contributed by atoms with van der Waals surface area (Å²) in [5, 5.41) is 9.32. The van der Waals surface area contributed by atoms with Crippen molar-refractivity contribution in [2.75, 3.05) is 0 Å². The van der Waals surface area contributed by atoms with Crippen molar-refractivity contribution in [2.24, 2.45) is 0 Å². The van der Waals surface area contributed by atoms with Crippen molar-refractivity contribution in [3.05, 3.63) is 12.7 Å². The Labute approximate surface area is 61.5 Å². The molecule has 0 saturated carbocycles. The standard InChI is InChI=1S/C8H14O2/c1-3-5-6(9)8-7(4-2)10-8/h4,6-9H,2-3,5H2,1H3/t6-,7+,8?/m0/s1. The lowest BCUT2D eigenvalue weighted by Gasteiger charge is -2.02. The summed E-state index contributed by atoms with van der Waals surface area (Å²) >= 11 is 0. The van der Waals surface area contributed by atoms with E-state index in [0.29, 0.717) is 0 Å². The molecule has 1 fully saturated rings. The summed E-state index contributed by atoms with van der Waals surface area (Å²) in [4.78, 5) is 0. The molecule has 1 heterocycles. The highest BCUT2D eigenvalue weighted by Crippen LogP contribution is 2.27. The monoisotopic (exact) mass is 142 g/mol. The van der Waals surface area contributed by atoms with Crippen LogP contribution >= 0.6 is 0 Å². The summed E-state index contributed by atoms with van der Waals surface area (Å²) in [5.74, 6) is 0. The van der Waals surface area contributed by atoms with E-state index in [1.807, 2.05) is 0 Å². The van der Waals surface area contributed by atoms with E-state index in [-0.39, 0.29) is 18.3 Å². The third-order valence-corrected chi connectivity index (χ3v) is 1.76. The third kappa shape index (κ3) is 1.58. The Kier molecular flexibility index (Phi) is 2.46. The Hall–Kier alpha value is -0.340. The minimum atomic E-state index is -0.284. The Bertz CT molecular complexity index is 122. The second-order valence-electron chi connectivity index (χ2n) is 2.66. The van der Waals surface area contributed by atoms with E-state index in [9.17, 15) is 5.11 Å². The fourth-order valence-electron chi connectivity index (χ4n) is 1.10. The molecule has 58 valence electrons. The first kappa shape index (κ1) is 7.76. The van der Waals surface area contributed by atoms with Crippen molar-refractivity contribution in [2.45, 2.75) is 38.1 Å². The quantitative estimate of drug-likeness (QED) is 0.471. The molecule has 1 N–H and O–H groups in total. The van der Waals surface area contributed by atoms with Gasteiger partial charge in [-0.15, -0.1) is 6.58 Å². The fraction of sp³-hybridized carbons (Fsp3) is 0.750. The van der Waals surface area contributed by atoms with Crippen molar-refractivity contribution in [1.82, 2.24) is 0 Å². The van der Waals surface area contributed by atoms with E-state index in [4.69, 9.17) is 4.74 Å². The molecule has 10 heavy (non-hydrogen) atoms. The van der Waals surface area contributed by atoms with Crippen LogP contribution in [0.4, 0.5) is 0 Å². The SMILES string of the molecule is C=C[C@H]1OC1[C@@H](O)CCC. The smallest absolute Gasteiger partial charge is 0.114 e. The van der Waals surface area contributed by atoms with Gasteiger partial charge < -0.3 is 9.84 Å². The summed E-state index contributed by atoms with van der Waals surface area (Å²) in [6.07, 6.45) is 3.44. The molecule has 1 aliphatic rings. The first-order valence-corrected chi connectivity index (χ1v) is 3.75. The lowest BCUT2D eigenvalue weighted by atomic mass is 10.1. The first-order valence-electron chi connectivity index (χ1n) is 3.75. The number of epoxide rings is 1. The van der Waals surface area contributed by atoms with E-state index < -0.39 is 0 Å². The van der Waals surface area contributed by atoms with E-state index in [1.165, 1.54) is 0 Å². The predicted molar refractivity (Wildman–Crippen MR) is 39.8 cm³/mol. The zero-order valence-corrected chi connectivity index (χ0v) is 6.29. The molecule has 1 unspecified atom stereocenters. The van der Waals surface area contributed by atoms with E-state index in [1.54, 1.807) is 6.08 Å². The molecule has 1 aliphatic heterocycles. The normalized spacial score (nSPS) is 33.4. The van der Waals surface area contributed by atoms with Crippen LogP contribution in [0.2, 0.25) is 0 Å². The van der Waals surface area contributed by atoms with Gasteiger partial charge in [-0.05, 0) is 6.42 Å². The van der Waals surface area contributed by atoms with Gasteiger partial charge in [0.05, 0.1) is 6.10 Å². The molecule has 0 aliphatic carbocycles. The van der Waals surface area contributed by atoms with Crippen molar-refractivity contribution in [1.29, 1.82) is 0 Å². The minimum Gasteiger partial charge on any atom is -0.390 e. The first-order chi connectivity index (χ1) is 4.79. The van der Waals surface area contributed by atoms with Crippen molar-refractivity contribution in [3.8, 4) is 0 Å². The van der Waals surface area contributed by atoms with Crippen LogP contribution in [-0.2, 0) is 4.74 Å². The highest BCUT2D eigenvalue weighted by atomic mass is 16.6. The van der Waals surface area contributed by atoms with Crippen LogP contribution in [0.5, 0.6) is 0 Å². The summed E-state index contributed by atoms with van der Waals surface area (Å²) in [7, 11) is 0. The van der Waals surface area contributed by atoms with Gasteiger partial charge in [0.2, 0.25) is 0 Å². The predicted octanol–water partition coefficient (Wildman–Crippen LogP) is 1.10. The lowest BCUT2D eigenvalue weighted by molar-refractivity contribution is 0.126. The molecule has 0 aromatic rings. The average Bonchev–Trinajstić information content (AvgIpc) is 2.66. The van der Waals surface area contributed by atoms with Crippen LogP contribution in [-0.4, -0.2) is 23.4 Å². The number of aliphatic hydroxyl groups is 1. The summed E-state index contributed by atoms with van der Waals surface area (Å²) < 4.78 is 5.11.